The summed E-state index contributed by atoms with van der Waals surface area (Å²) in [5.74, 6) is 0.0581. The SMILES string of the molecule is O=C1NC2(CC2)Cc2[nH]c3c(c21)CCc1cnc(-c2ccccc2F)nc1-3. The number of aromatic amines is 1. The number of rotatable bonds is 1. The number of hydrogen-bond acceptors (Lipinski definition) is 3. The van der Waals surface area contributed by atoms with Crippen molar-refractivity contribution < 1.29 is 9.18 Å². The molecule has 6 heteroatoms. The molecule has 27 heavy (non-hydrogen) atoms. The Morgan fingerprint density at radius 1 is 1.15 bits per heavy atom. The van der Waals surface area contributed by atoms with Gasteiger partial charge < -0.3 is 10.3 Å². The van der Waals surface area contributed by atoms with Gasteiger partial charge in [0.25, 0.3) is 5.91 Å². The Balaban J connectivity index is 1.52. The third-order valence-electron chi connectivity index (χ3n) is 6.02. The van der Waals surface area contributed by atoms with Gasteiger partial charge in [-0.15, -0.1) is 0 Å². The highest BCUT2D eigenvalue weighted by Gasteiger charge is 2.49. The van der Waals surface area contributed by atoms with Crippen LogP contribution in [0.4, 0.5) is 4.39 Å². The molecule has 1 aliphatic heterocycles. The van der Waals surface area contributed by atoms with Gasteiger partial charge in [-0.05, 0) is 48.9 Å². The number of aromatic nitrogens is 3. The highest BCUT2D eigenvalue weighted by molar-refractivity contribution is 6.01. The number of benzene rings is 1. The van der Waals surface area contributed by atoms with E-state index in [0.29, 0.717) is 11.4 Å². The van der Waals surface area contributed by atoms with E-state index in [2.05, 4.69) is 15.3 Å². The van der Waals surface area contributed by atoms with Crippen LogP contribution >= 0.6 is 0 Å². The second kappa shape index (κ2) is 5.03. The molecule has 1 amide bonds. The molecule has 134 valence electrons. The molecule has 5 nitrogen and oxygen atoms in total. The van der Waals surface area contributed by atoms with Crippen molar-refractivity contribution in [3.63, 3.8) is 0 Å². The first-order valence-corrected chi connectivity index (χ1v) is 9.31. The summed E-state index contributed by atoms with van der Waals surface area (Å²) in [6, 6.07) is 6.53. The van der Waals surface area contributed by atoms with Crippen LogP contribution in [0.1, 0.15) is 40.0 Å². The van der Waals surface area contributed by atoms with Crippen LogP contribution in [0.25, 0.3) is 22.8 Å². The Hall–Kier alpha value is -3.02. The number of H-pyrrole nitrogens is 1. The van der Waals surface area contributed by atoms with Crippen LogP contribution in [0, 0.1) is 5.82 Å². The molecule has 2 N–H and O–H groups in total. The first-order chi connectivity index (χ1) is 13.1. The van der Waals surface area contributed by atoms with Crippen molar-refractivity contribution in [1.82, 2.24) is 20.3 Å². The van der Waals surface area contributed by atoms with Crippen molar-refractivity contribution in [1.29, 1.82) is 0 Å². The van der Waals surface area contributed by atoms with Gasteiger partial charge in [-0.25, -0.2) is 14.4 Å². The number of carbonyl (C=O) groups excluding carboxylic acids is 1. The fraction of sp³-hybridized carbons (Fsp3) is 0.286. The zero-order valence-electron chi connectivity index (χ0n) is 14.6. The molecule has 6 rings (SSSR count). The van der Waals surface area contributed by atoms with E-state index in [0.717, 1.165) is 65.9 Å². The summed E-state index contributed by atoms with van der Waals surface area (Å²) < 4.78 is 14.2. The van der Waals surface area contributed by atoms with Gasteiger partial charge in [0.1, 0.15) is 5.82 Å². The first kappa shape index (κ1) is 15.1. The van der Waals surface area contributed by atoms with E-state index in [1.54, 1.807) is 24.4 Å². The van der Waals surface area contributed by atoms with Crippen LogP contribution < -0.4 is 5.32 Å². The number of amides is 1. The zero-order valence-corrected chi connectivity index (χ0v) is 14.6. The molecule has 2 aromatic heterocycles. The molecule has 2 aliphatic carbocycles. The Morgan fingerprint density at radius 2 is 2.00 bits per heavy atom. The van der Waals surface area contributed by atoms with E-state index in [4.69, 9.17) is 4.98 Å². The molecular formula is C21H17FN4O. The maximum atomic E-state index is 14.2. The van der Waals surface area contributed by atoms with Gasteiger partial charge in [0.05, 0.1) is 22.5 Å². The number of hydrogen-bond donors (Lipinski definition) is 2. The van der Waals surface area contributed by atoms with Gasteiger partial charge >= 0.3 is 0 Å². The van der Waals surface area contributed by atoms with Gasteiger partial charge in [0.15, 0.2) is 5.82 Å². The normalized spacial score (nSPS) is 18.5. The molecule has 0 bridgehead atoms. The van der Waals surface area contributed by atoms with E-state index < -0.39 is 0 Å². The van der Waals surface area contributed by atoms with Crippen molar-refractivity contribution in [2.45, 2.75) is 37.6 Å². The Kier molecular flexibility index (Phi) is 2.81. The molecule has 3 heterocycles. The number of halogens is 1. The highest BCUT2D eigenvalue weighted by Crippen LogP contribution is 2.45. The standard InChI is InChI=1S/C21H17FN4O/c22-14-4-2-1-3-12(14)19-23-10-11-5-6-13-16-15(24-18(13)17(11)25-19)9-21(7-8-21)26-20(16)27/h1-4,10,24H,5-9H2,(H,26,27). The van der Waals surface area contributed by atoms with Gasteiger partial charge in [-0.3, -0.25) is 4.79 Å². The van der Waals surface area contributed by atoms with Crippen molar-refractivity contribution >= 4 is 5.91 Å². The molecule has 1 saturated carbocycles. The summed E-state index contributed by atoms with van der Waals surface area (Å²) >= 11 is 0. The molecule has 0 radical (unpaired) electrons. The van der Waals surface area contributed by atoms with Crippen molar-refractivity contribution in [2.24, 2.45) is 0 Å². The number of nitrogens with one attached hydrogen (secondary N) is 2. The monoisotopic (exact) mass is 360 g/mol. The maximum absolute atomic E-state index is 14.2. The third-order valence-corrected chi connectivity index (χ3v) is 6.02. The summed E-state index contributed by atoms with van der Waals surface area (Å²) in [4.78, 5) is 25.3. The quantitative estimate of drug-likeness (QED) is 0.700. The van der Waals surface area contributed by atoms with Gasteiger partial charge in [0, 0.05) is 23.9 Å². The largest absolute Gasteiger partial charge is 0.356 e. The molecular weight excluding hydrogens is 343 g/mol. The minimum atomic E-state index is -0.339. The van der Waals surface area contributed by atoms with Crippen molar-refractivity contribution in [3.8, 4) is 22.8 Å². The van der Waals surface area contributed by atoms with Crippen LogP contribution in [0.3, 0.4) is 0 Å². The number of nitrogens with zero attached hydrogens (tertiary/aromatic N) is 2. The minimum absolute atomic E-state index is 0.0260. The average Bonchev–Trinajstić information content (AvgIpc) is 3.28. The molecule has 0 saturated heterocycles. The Labute approximate surface area is 155 Å². The first-order valence-electron chi connectivity index (χ1n) is 9.31. The summed E-state index contributed by atoms with van der Waals surface area (Å²) in [6.07, 6.45) is 6.28. The van der Waals surface area contributed by atoms with Crippen LogP contribution in [-0.2, 0) is 19.3 Å². The summed E-state index contributed by atoms with van der Waals surface area (Å²) in [6.45, 7) is 0. The van der Waals surface area contributed by atoms with Crippen molar-refractivity contribution in [2.75, 3.05) is 0 Å². The van der Waals surface area contributed by atoms with E-state index in [9.17, 15) is 9.18 Å². The summed E-state index contributed by atoms with van der Waals surface area (Å²) in [5, 5.41) is 3.19. The van der Waals surface area contributed by atoms with Gasteiger partial charge in [-0.2, -0.15) is 0 Å². The maximum Gasteiger partial charge on any atom is 0.253 e. The van der Waals surface area contributed by atoms with Gasteiger partial charge in [-0.1, -0.05) is 12.1 Å². The molecule has 3 aromatic rings. The lowest BCUT2D eigenvalue weighted by Crippen LogP contribution is -2.43. The fourth-order valence-corrected chi connectivity index (χ4v) is 4.43. The number of carbonyl (C=O) groups is 1. The van der Waals surface area contributed by atoms with Crippen LogP contribution in [0.15, 0.2) is 30.5 Å². The highest BCUT2D eigenvalue weighted by atomic mass is 19.1. The molecule has 3 aliphatic rings. The average molecular weight is 360 g/mol. The minimum Gasteiger partial charge on any atom is -0.356 e. The van der Waals surface area contributed by atoms with Crippen molar-refractivity contribution in [3.05, 3.63) is 58.7 Å². The van der Waals surface area contributed by atoms with Crippen LogP contribution in [-0.4, -0.2) is 26.4 Å². The molecule has 0 atom stereocenters. The molecule has 1 spiro atoms. The number of fused-ring (bicyclic) bond motifs is 5. The van der Waals surface area contributed by atoms with E-state index in [1.807, 2.05) is 0 Å². The smallest absolute Gasteiger partial charge is 0.253 e. The van der Waals surface area contributed by atoms with Crippen LogP contribution in [0.5, 0.6) is 0 Å². The number of aryl methyl sites for hydroxylation is 1. The second-order valence-electron chi connectivity index (χ2n) is 7.79. The molecule has 1 aromatic carbocycles. The molecule has 0 unspecified atom stereocenters. The van der Waals surface area contributed by atoms with E-state index >= 15 is 0 Å². The Morgan fingerprint density at radius 3 is 2.81 bits per heavy atom. The van der Waals surface area contributed by atoms with E-state index in [1.165, 1.54) is 6.07 Å². The topological polar surface area (TPSA) is 70.7 Å². The fourth-order valence-electron chi connectivity index (χ4n) is 4.43. The summed E-state index contributed by atoms with van der Waals surface area (Å²) in [5.41, 5.74) is 5.90. The van der Waals surface area contributed by atoms with E-state index in [-0.39, 0.29) is 17.3 Å². The Bertz CT molecular complexity index is 1130. The predicted octanol–water partition coefficient (Wildman–Crippen LogP) is 3.19. The third kappa shape index (κ3) is 2.13. The lowest BCUT2D eigenvalue weighted by Gasteiger charge is -2.23. The van der Waals surface area contributed by atoms with Gasteiger partial charge in [0.2, 0.25) is 0 Å². The summed E-state index contributed by atoms with van der Waals surface area (Å²) in [7, 11) is 0. The lowest BCUT2D eigenvalue weighted by atomic mass is 9.89. The lowest BCUT2D eigenvalue weighted by molar-refractivity contribution is 0.0917. The predicted molar refractivity (Wildman–Crippen MR) is 97.8 cm³/mol. The zero-order chi connectivity index (χ0) is 18.2. The molecule has 1 fully saturated rings. The van der Waals surface area contributed by atoms with Crippen LogP contribution in [0.2, 0.25) is 0 Å². The second-order valence-corrected chi connectivity index (χ2v) is 7.79.